The normalized spacial score (nSPS) is 28.0. The second kappa shape index (κ2) is 5.09. The van der Waals surface area contributed by atoms with Gasteiger partial charge in [0.05, 0.1) is 0 Å². The molecule has 0 spiro atoms. The van der Waals surface area contributed by atoms with Gasteiger partial charge in [-0.15, -0.1) is 0 Å². The number of rotatable bonds is 2. The lowest BCUT2D eigenvalue weighted by Crippen LogP contribution is -2.61. The van der Waals surface area contributed by atoms with Gasteiger partial charge < -0.3 is 14.7 Å². The number of carboxylic acids is 1. The van der Waals surface area contributed by atoms with Crippen molar-refractivity contribution in [3.8, 4) is 5.75 Å². The van der Waals surface area contributed by atoms with E-state index in [1.165, 1.54) is 4.90 Å². The Balaban J connectivity index is 1.95. The molecule has 0 aromatic heterocycles. The zero-order valence-corrected chi connectivity index (χ0v) is 13.2. The van der Waals surface area contributed by atoms with Crippen LogP contribution in [0.25, 0.3) is 0 Å². The Bertz CT molecular complexity index is 819. The molecule has 2 aromatic carbocycles. The molecule has 0 aliphatic carbocycles. The average molecular weight is 323 g/mol. The van der Waals surface area contributed by atoms with Crippen LogP contribution in [0, 0.1) is 5.92 Å². The number of carbonyl (C=O) groups is 2. The van der Waals surface area contributed by atoms with Gasteiger partial charge in [0.25, 0.3) is 0 Å². The van der Waals surface area contributed by atoms with Crippen LogP contribution < -0.4 is 4.74 Å². The van der Waals surface area contributed by atoms with Crippen LogP contribution >= 0.6 is 0 Å². The lowest BCUT2D eigenvalue weighted by Gasteiger charge is -2.52. The molecule has 2 aliphatic heterocycles. The summed E-state index contributed by atoms with van der Waals surface area (Å²) in [7, 11) is 1.62. The van der Waals surface area contributed by atoms with Gasteiger partial charge in [-0.2, -0.15) is 0 Å². The van der Waals surface area contributed by atoms with E-state index in [-0.39, 0.29) is 0 Å². The molecular formula is C19H17NO4. The Labute approximate surface area is 139 Å². The van der Waals surface area contributed by atoms with Gasteiger partial charge in [-0.25, -0.2) is 0 Å². The van der Waals surface area contributed by atoms with Gasteiger partial charge in [0.1, 0.15) is 11.7 Å². The van der Waals surface area contributed by atoms with Gasteiger partial charge in [0.2, 0.25) is 11.6 Å². The Morgan fingerprint density at radius 1 is 1.17 bits per heavy atom. The van der Waals surface area contributed by atoms with Crippen LogP contribution in [0.3, 0.4) is 0 Å². The summed E-state index contributed by atoms with van der Waals surface area (Å²) < 4.78 is 6.30. The van der Waals surface area contributed by atoms with E-state index >= 15 is 0 Å². The van der Waals surface area contributed by atoms with E-state index in [1.807, 2.05) is 54.6 Å². The van der Waals surface area contributed by atoms with Crippen molar-refractivity contribution in [3.63, 3.8) is 0 Å². The van der Waals surface area contributed by atoms with Crippen molar-refractivity contribution in [2.75, 3.05) is 7.05 Å². The van der Waals surface area contributed by atoms with Crippen molar-refractivity contribution in [1.82, 2.24) is 4.90 Å². The number of benzene rings is 2. The molecule has 3 atom stereocenters. The molecule has 0 unspecified atom stereocenters. The van der Waals surface area contributed by atoms with Gasteiger partial charge in [-0.3, -0.25) is 9.59 Å². The van der Waals surface area contributed by atoms with Gasteiger partial charge in [-0.05, 0) is 11.6 Å². The number of para-hydroxylation sites is 1. The first-order chi connectivity index (χ1) is 11.5. The Hall–Kier alpha value is -2.82. The van der Waals surface area contributed by atoms with E-state index in [0.717, 1.165) is 11.1 Å². The molecule has 2 aromatic rings. The summed E-state index contributed by atoms with van der Waals surface area (Å²) in [5.41, 5.74) is 0.672. The minimum Gasteiger partial charge on any atom is -0.481 e. The molecule has 2 aliphatic rings. The number of aliphatic carboxylic acids is 1. The van der Waals surface area contributed by atoms with Crippen molar-refractivity contribution in [2.24, 2.45) is 5.92 Å². The van der Waals surface area contributed by atoms with Gasteiger partial charge in [0.15, 0.2) is 0 Å². The first kappa shape index (κ1) is 14.8. The fourth-order valence-electron chi connectivity index (χ4n) is 3.92. The summed E-state index contributed by atoms with van der Waals surface area (Å²) in [6.07, 6.45) is 0.424. The summed E-state index contributed by atoms with van der Waals surface area (Å²) in [4.78, 5) is 26.1. The zero-order chi connectivity index (χ0) is 16.9. The number of nitrogens with zero attached hydrogens (tertiary/aromatic N) is 1. The molecule has 5 heteroatoms. The SMILES string of the molecule is CN1C(=O)[C@@H](C(=O)O)[C@H]2C[C@@]1(c1ccccc1)Oc1ccccc12. The Morgan fingerprint density at radius 3 is 2.54 bits per heavy atom. The number of amides is 1. The smallest absolute Gasteiger partial charge is 0.316 e. The van der Waals surface area contributed by atoms with E-state index in [0.29, 0.717) is 12.2 Å². The third-order valence-corrected chi connectivity index (χ3v) is 5.13. The molecule has 0 radical (unpaired) electrons. The maximum absolute atomic E-state index is 12.8. The van der Waals surface area contributed by atoms with E-state index < -0.39 is 29.4 Å². The largest absolute Gasteiger partial charge is 0.481 e. The third-order valence-electron chi connectivity index (χ3n) is 5.13. The molecule has 1 saturated heterocycles. The van der Waals surface area contributed by atoms with Crippen molar-refractivity contribution in [2.45, 2.75) is 18.1 Å². The monoisotopic (exact) mass is 323 g/mol. The molecule has 0 saturated carbocycles. The fourth-order valence-corrected chi connectivity index (χ4v) is 3.92. The summed E-state index contributed by atoms with van der Waals surface area (Å²) in [5.74, 6) is -2.36. The molecule has 5 nitrogen and oxygen atoms in total. The molecule has 122 valence electrons. The van der Waals surface area contributed by atoms with Crippen LogP contribution in [0.5, 0.6) is 5.75 Å². The van der Waals surface area contributed by atoms with Crippen molar-refractivity contribution < 1.29 is 19.4 Å². The Morgan fingerprint density at radius 2 is 1.83 bits per heavy atom. The number of piperidine rings is 1. The fraction of sp³-hybridized carbons (Fsp3) is 0.263. The highest BCUT2D eigenvalue weighted by Crippen LogP contribution is 2.53. The second-order valence-corrected chi connectivity index (χ2v) is 6.31. The second-order valence-electron chi connectivity index (χ2n) is 6.31. The molecule has 2 bridgehead atoms. The van der Waals surface area contributed by atoms with E-state index in [9.17, 15) is 14.7 Å². The Kier molecular flexibility index (Phi) is 3.13. The van der Waals surface area contributed by atoms with E-state index in [1.54, 1.807) is 7.05 Å². The first-order valence-corrected chi connectivity index (χ1v) is 7.88. The van der Waals surface area contributed by atoms with Gasteiger partial charge >= 0.3 is 5.97 Å². The number of fused-ring (bicyclic) bond motifs is 4. The minimum absolute atomic E-state index is 0.406. The van der Waals surface area contributed by atoms with E-state index in [4.69, 9.17) is 4.74 Å². The third kappa shape index (κ3) is 1.87. The standard InChI is InChI=1S/C19H17NO4/c1-20-17(21)16(18(22)23)14-11-19(20,12-7-3-2-4-8-12)24-15-10-6-5-9-13(14)15/h2-10,14,16H,11H2,1H3,(H,22,23)/t14-,16-,19-/m0/s1. The molecule has 4 rings (SSSR count). The number of carboxylic acid groups (broad SMARTS) is 1. The highest BCUT2D eigenvalue weighted by atomic mass is 16.5. The van der Waals surface area contributed by atoms with Crippen molar-refractivity contribution in [1.29, 1.82) is 0 Å². The summed E-state index contributed by atoms with van der Waals surface area (Å²) >= 11 is 0. The quantitative estimate of drug-likeness (QED) is 0.863. The molecule has 1 N–H and O–H groups in total. The van der Waals surface area contributed by atoms with Crippen LogP contribution in [-0.4, -0.2) is 28.9 Å². The molecule has 1 amide bonds. The number of hydrogen-bond donors (Lipinski definition) is 1. The average Bonchev–Trinajstić information content (AvgIpc) is 2.60. The van der Waals surface area contributed by atoms with Crippen LogP contribution in [0.2, 0.25) is 0 Å². The summed E-state index contributed by atoms with van der Waals surface area (Å²) in [6.45, 7) is 0. The lowest BCUT2D eigenvalue weighted by atomic mass is 9.72. The van der Waals surface area contributed by atoms with Crippen LogP contribution in [0.1, 0.15) is 23.5 Å². The van der Waals surface area contributed by atoms with Crippen LogP contribution in [0.4, 0.5) is 0 Å². The van der Waals surface area contributed by atoms with Crippen molar-refractivity contribution >= 4 is 11.9 Å². The van der Waals surface area contributed by atoms with E-state index in [2.05, 4.69) is 0 Å². The van der Waals surface area contributed by atoms with Crippen LogP contribution in [-0.2, 0) is 15.3 Å². The number of hydrogen-bond acceptors (Lipinski definition) is 3. The first-order valence-electron chi connectivity index (χ1n) is 7.88. The van der Waals surface area contributed by atoms with Gasteiger partial charge in [-0.1, -0.05) is 48.5 Å². The maximum atomic E-state index is 12.8. The van der Waals surface area contributed by atoms with Crippen LogP contribution in [0.15, 0.2) is 54.6 Å². The highest BCUT2D eigenvalue weighted by molar-refractivity contribution is 5.99. The predicted molar refractivity (Wildman–Crippen MR) is 86.4 cm³/mol. The topological polar surface area (TPSA) is 66.8 Å². The number of likely N-dealkylation sites (tertiary alicyclic amines) is 1. The lowest BCUT2D eigenvalue weighted by molar-refractivity contribution is -0.182. The summed E-state index contributed by atoms with van der Waals surface area (Å²) in [5, 5.41) is 9.63. The molecule has 1 fully saturated rings. The zero-order valence-electron chi connectivity index (χ0n) is 13.2. The molecule has 24 heavy (non-hydrogen) atoms. The highest BCUT2D eigenvalue weighted by Gasteiger charge is 2.57. The number of ether oxygens (including phenoxy) is 1. The minimum atomic E-state index is -1.09. The maximum Gasteiger partial charge on any atom is 0.316 e. The number of carbonyl (C=O) groups excluding carboxylic acids is 1. The summed E-state index contributed by atoms with van der Waals surface area (Å²) in [6, 6.07) is 16.9. The molecule has 2 heterocycles. The predicted octanol–water partition coefficient (Wildman–Crippen LogP) is 2.58. The molecular weight excluding hydrogens is 306 g/mol. The van der Waals surface area contributed by atoms with Gasteiger partial charge in [0, 0.05) is 24.9 Å². The van der Waals surface area contributed by atoms with Crippen molar-refractivity contribution in [3.05, 3.63) is 65.7 Å².